The second-order valence-corrected chi connectivity index (χ2v) is 4.62. The molecule has 1 aromatic carbocycles. The van der Waals surface area contributed by atoms with Gasteiger partial charge in [-0.2, -0.15) is 4.98 Å². The van der Waals surface area contributed by atoms with Gasteiger partial charge in [0, 0.05) is 24.0 Å². The van der Waals surface area contributed by atoms with Crippen LogP contribution in [0.5, 0.6) is 0 Å². The average Bonchev–Trinajstić information content (AvgIpc) is 2.41. The van der Waals surface area contributed by atoms with Crippen molar-refractivity contribution in [3.05, 3.63) is 53.2 Å². The van der Waals surface area contributed by atoms with E-state index in [4.69, 9.17) is 0 Å². The molecule has 4 heteroatoms. The van der Waals surface area contributed by atoms with Gasteiger partial charge in [0.05, 0.1) is 16.7 Å². The molecular formula is C15H13N3O. The Morgan fingerprint density at radius 1 is 1.32 bits per heavy atom. The maximum atomic E-state index is 12.0. The molecule has 0 saturated carbocycles. The first kappa shape index (κ1) is 11.6. The van der Waals surface area contributed by atoms with Gasteiger partial charge >= 0.3 is 5.69 Å². The molecule has 94 valence electrons. The molecule has 0 radical (unpaired) electrons. The number of rotatable bonds is 1. The topological polar surface area (TPSA) is 47.8 Å². The van der Waals surface area contributed by atoms with Gasteiger partial charge in [0.25, 0.3) is 0 Å². The Hall–Kier alpha value is -2.49. The van der Waals surface area contributed by atoms with Crippen molar-refractivity contribution >= 4 is 27.4 Å². The summed E-state index contributed by atoms with van der Waals surface area (Å²) in [6, 6.07) is 7.82. The number of hydrogen-bond donors (Lipinski definition) is 0. The lowest BCUT2D eigenvalue weighted by molar-refractivity contribution is 0.850. The van der Waals surface area contributed by atoms with E-state index in [9.17, 15) is 4.79 Å². The van der Waals surface area contributed by atoms with Crippen molar-refractivity contribution in [1.82, 2.24) is 14.5 Å². The zero-order valence-electron chi connectivity index (χ0n) is 10.8. The number of nitrogens with zero attached hydrogens (tertiary/aromatic N) is 3. The van der Waals surface area contributed by atoms with E-state index in [-0.39, 0.29) is 5.69 Å². The van der Waals surface area contributed by atoms with Crippen LogP contribution in [0.2, 0.25) is 0 Å². The van der Waals surface area contributed by atoms with E-state index in [1.54, 1.807) is 13.2 Å². The normalized spacial score (nSPS) is 11.1. The van der Waals surface area contributed by atoms with E-state index < -0.39 is 0 Å². The fraction of sp³-hybridized carbons (Fsp3) is 0.133. The predicted molar refractivity (Wildman–Crippen MR) is 77.0 cm³/mol. The van der Waals surface area contributed by atoms with Crippen LogP contribution in [0, 0.1) is 0 Å². The summed E-state index contributed by atoms with van der Waals surface area (Å²) in [5.74, 6) is 0. The lowest BCUT2D eigenvalue weighted by Crippen LogP contribution is -2.22. The van der Waals surface area contributed by atoms with Gasteiger partial charge in [0.1, 0.15) is 0 Å². The van der Waals surface area contributed by atoms with Crippen LogP contribution in [0.4, 0.5) is 0 Å². The minimum Gasteiger partial charge on any atom is -0.293 e. The number of aryl methyl sites for hydroxylation is 1. The monoisotopic (exact) mass is 251 g/mol. The van der Waals surface area contributed by atoms with Gasteiger partial charge in [-0.05, 0) is 24.6 Å². The number of benzene rings is 1. The zero-order valence-corrected chi connectivity index (χ0v) is 10.8. The highest BCUT2D eigenvalue weighted by Gasteiger charge is 2.12. The molecule has 3 aromatic rings. The van der Waals surface area contributed by atoms with Crippen molar-refractivity contribution in [2.75, 3.05) is 0 Å². The molecule has 2 heterocycles. The van der Waals surface area contributed by atoms with Gasteiger partial charge in [-0.3, -0.25) is 9.55 Å². The smallest absolute Gasteiger partial charge is 0.293 e. The zero-order chi connectivity index (χ0) is 13.6. The molecule has 0 unspecified atom stereocenters. The molecule has 0 atom stereocenters. The molecule has 0 aliphatic heterocycles. The van der Waals surface area contributed by atoms with Crippen molar-refractivity contribution in [2.45, 2.75) is 6.92 Å². The van der Waals surface area contributed by atoms with E-state index in [1.165, 1.54) is 4.57 Å². The Labute approximate surface area is 110 Å². The Bertz CT molecular complexity index is 878. The molecule has 0 amide bonds. The summed E-state index contributed by atoms with van der Waals surface area (Å²) in [5, 5.41) is 1.91. The third kappa shape index (κ3) is 1.64. The Morgan fingerprint density at radius 3 is 2.84 bits per heavy atom. The molecule has 19 heavy (non-hydrogen) atoms. The highest BCUT2D eigenvalue weighted by atomic mass is 16.1. The number of hydrogen-bond acceptors (Lipinski definition) is 3. The van der Waals surface area contributed by atoms with Crippen LogP contribution in [-0.4, -0.2) is 14.5 Å². The van der Waals surface area contributed by atoms with E-state index >= 15 is 0 Å². The van der Waals surface area contributed by atoms with Gasteiger partial charge < -0.3 is 0 Å². The van der Waals surface area contributed by atoms with Crippen molar-refractivity contribution in [3.8, 4) is 0 Å². The molecule has 0 aliphatic rings. The van der Waals surface area contributed by atoms with E-state index in [1.807, 2.05) is 31.2 Å². The quantitative estimate of drug-likeness (QED) is 0.624. The Morgan fingerprint density at radius 2 is 2.11 bits per heavy atom. The lowest BCUT2D eigenvalue weighted by atomic mass is 10.1. The standard InChI is InChI=1S/C15H13N3O/c1-9(2)12-11-7-6-10-5-4-8-16-13(10)14(11)18(3)15(19)17-12/h4-8H,1H2,2-3H3. The average molecular weight is 251 g/mol. The number of fused-ring (bicyclic) bond motifs is 3. The lowest BCUT2D eigenvalue weighted by Gasteiger charge is -2.10. The van der Waals surface area contributed by atoms with Gasteiger partial charge in [-0.1, -0.05) is 18.7 Å². The molecule has 0 bridgehead atoms. The van der Waals surface area contributed by atoms with Crippen LogP contribution in [0.3, 0.4) is 0 Å². The molecule has 0 saturated heterocycles. The van der Waals surface area contributed by atoms with E-state index in [0.717, 1.165) is 27.4 Å². The summed E-state index contributed by atoms with van der Waals surface area (Å²) < 4.78 is 1.54. The van der Waals surface area contributed by atoms with Gasteiger partial charge in [-0.15, -0.1) is 0 Å². The highest BCUT2D eigenvalue weighted by Crippen LogP contribution is 2.26. The van der Waals surface area contributed by atoms with E-state index in [2.05, 4.69) is 16.5 Å². The maximum absolute atomic E-state index is 12.0. The molecular weight excluding hydrogens is 238 g/mol. The summed E-state index contributed by atoms with van der Waals surface area (Å²) in [5.41, 5.74) is 2.74. The van der Waals surface area contributed by atoms with Crippen LogP contribution >= 0.6 is 0 Å². The number of aromatic nitrogens is 3. The van der Waals surface area contributed by atoms with Crippen LogP contribution in [0.15, 0.2) is 41.8 Å². The first-order valence-corrected chi connectivity index (χ1v) is 6.00. The fourth-order valence-electron chi connectivity index (χ4n) is 2.31. The number of pyridine rings is 1. The van der Waals surface area contributed by atoms with Crippen LogP contribution in [0.25, 0.3) is 27.4 Å². The van der Waals surface area contributed by atoms with Gasteiger partial charge in [0.15, 0.2) is 0 Å². The largest absolute Gasteiger partial charge is 0.348 e. The molecule has 0 N–H and O–H groups in total. The van der Waals surface area contributed by atoms with Crippen molar-refractivity contribution < 1.29 is 0 Å². The summed E-state index contributed by atoms with van der Waals surface area (Å²) >= 11 is 0. The number of allylic oxidation sites excluding steroid dienone is 1. The molecule has 4 nitrogen and oxygen atoms in total. The van der Waals surface area contributed by atoms with Gasteiger partial charge in [0.2, 0.25) is 0 Å². The third-order valence-corrected chi connectivity index (χ3v) is 3.24. The highest BCUT2D eigenvalue weighted by molar-refractivity contribution is 6.05. The van der Waals surface area contributed by atoms with Crippen LogP contribution in [-0.2, 0) is 7.05 Å². The molecule has 3 rings (SSSR count). The SMILES string of the molecule is C=C(C)c1nc(=O)n(C)c2c1ccc1cccnc12. The summed E-state index contributed by atoms with van der Waals surface area (Å²) in [7, 11) is 1.72. The third-order valence-electron chi connectivity index (χ3n) is 3.24. The molecule has 0 spiro atoms. The summed E-state index contributed by atoms with van der Waals surface area (Å²) in [4.78, 5) is 20.5. The maximum Gasteiger partial charge on any atom is 0.348 e. The second kappa shape index (κ2) is 4.02. The van der Waals surface area contributed by atoms with Crippen molar-refractivity contribution in [1.29, 1.82) is 0 Å². The van der Waals surface area contributed by atoms with Crippen molar-refractivity contribution in [3.63, 3.8) is 0 Å². The molecule has 0 aliphatic carbocycles. The van der Waals surface area contributed by atoms with Crippen LogP contribution < -0.4 is 5.69 Å². The predicted octanol–water partition coefficient (Wildman–Crippen LogP) is 2.51. The Balaban J connectivity index is 2.66. The minimum atomic E-state index is -0.288. The molecule has 2 aromatic heterocycles. The second-order valence-electron chi connectivity index (χ2n) is 4.62. The van der Waals surface area contributed by atoms with Gasteiger partial charge in [-0.25, -0.2) is 4.79 Å². The molecule has 0 fully saturated rings. The minimum absolute atomic E-state index is 0.288. The summed E-state index contributed by atoms with van der Waals surface area (Å²) in [6.45, 7) is 5.75. The van der Waals surface area contributed by atoms with Crippen LogP contribution in [0.1, 0.15) is 12.6 Å². The van der Waals surface area contributed by atoms with E-state index in [0.29, 0.717) is 5.69 Å². The Kier molecular flexibility index (Phi) is 2.45. The van der Waals surface area contributed by atoms with Crippen molar-refractivity contribution in [2.24, 2.45) is 7.05 Å². The first-order valence-electron chi connectivity index (χ1n) is 6.00. The first-order chi connectivity index (χ1) is 9.09. The fourth-order valence-corrected chi connectivity index (χ4v) is 2.31. The summed E-state index contributed by atoms with van der Waals surface area (Å²) in [6.07, 6.45) is 1.73.